The Labute approximate surface area is 186 Å². The van der Waals surface area contributed by atoms with Gasteiger partial charge < -0.3 is 20.3 Å². The third-order valence-corrected chi connectivity index (χ3v) is 5.73. The number of hydrogen-bond donors (Lipinski definition) is 2. The number of guanidine groups is 1. The fraction of sp³-hybridized carbons (Fsp3) is 0.579. The maximum atomic E-state index is 12.2. The van der Waals surface area contributed by atoms with Crippen molar-refractivity contribution in [3.05, 3.63) is 28.2 Å². The summed E-state index contributed by atoms with van der Waals surface area (Å²) in [6, 6.07) is 5.83. The minimum atomic E-state index is 0. The Balaban J connectivity index is 0.00000261. The minimum absolute atomic E-state index is 0. The molecule has 2 fully saturated rings. The topological polar surface area (TPSA) is 66.0 Å². The van der Waals surface area contributed by atoms with E-state index in [2.05, 4.69) is 36.5 Å². The lowest BCUT2D eigenvalue weighted by molar-refractivity contribution is -0.116. The number of benzene rings is 1. The molecule has 6 nitrogen and oxygen atoms in total. The van der Waals surface area contributed by atoms with Gasteiger partial charge in [-0.2, -0.15) is 0 Å². The van der Waals surface area contributed by atoms with Gasteiger partial charge in [-0.15, -0.1) is 24.0 Å². The SMILES string of the molecule is CN=C(NCCC(=O)Nc1ccc(Br)cc1C)N1CCC2(CCOC2)C1.I. The average Bonchev–Trinajstić information content (AvgIpc) is 3.24. The van der Waals surface area contributed by atoms with Gasteiger partial charge in [-0.05, 0) is 43.5 Å². The Morgan fingerprint density at radius 2 is 2.22 bits per heavy atom. The molecule has 150 valence electrons. The van der Waals surface area contributed by atoms with E-state index < -0.39 is 0 Å². The smallest absolute Gasteiger partial charge is 0.226 e. The van der Waals surface area contributed by atoms with Crippen molar-refractivity contribution in [3.63, 3.8) is 0 Å². The van der Waals surface area contributed by atoms with Crippen LogP contribution in [0.4, 0.5) is 5.69 Å². The van der Waals surface area contributed by atoms with Gasteiger partial charge in [-0.3, -0.25) is 9.79 Å². The number of rotatable bonds is 4. The number of nitrogens with one attached hydrogen (secondary N) is 2. The number of amides is 1. The Kier molecular flexibility index (Phi) is 8.36. The zero-order valence-corrected chi connectivity index (χ0v) is 19.8. The number of anilines is 1. The van der Waals surface area contributed by atoms with Crippen LogP contribution in [-0.2, 0) is 9.53 Å². The number of nitrogens with zero attached hydrogens (tertiary/aromatic N) is 2. The van der Waals surface area contributed by atoms with Crippen LogP contribution in [0.25, 0.3) is 0 Å². The number of likely N-dealkylation sites (tertiary alicyclic amines) is 1. The summed E-state index contributed by atoms with van der Waals surface area (Å²) in [7, 11) is 1.80. The quantitative estimate of drug-likeness (QED) is 0.343. The van der Waals surface area contributed by atoms with Crippen LogP contribution in [0.2, 0.25) is 0 Å². The van der Waals surface area contributed by atoms with Crippen LogP contribution >= 0.6 is 39.9 Å². The predicted octanol–water partition coefficient (Wildman–Crippen LogP) is 3.39. The molecule has 2 aliphatic heterocycles. The van der Waals surface area contributed by atoms with E-state index >= 15 is 0 Å². The van der Waals surface area contributed by atoms with Crippen molar-refractivity contribution in [3.8, 4) is 0 Å². The van der Waals surface area contributed by atoms with Crippen LogP contribution in [0.15, 0.2) is 27.7 Å². The molecule has 0 aromatic heterocycles. The van der Waals surface area contributed by atoms with Gasteiger partial charge in [0.15, 0.2) is 5.96 Å². The lowest BCUT2D eigenvalue weighted by Gasteiger charge is -2.24. The molecule has 8 heteroatoms. The second kappa shape index (κ2) is 10.1. The molecule has 1 atom stereocenters. The molecule has 2 aliphatic rings. The third kappa shape index (κ3) is 5.80. The van der Waals surface area contributed by atoms with Crippen LogP contribution < -0.4 is 10.6 Å². The summed E-state index contributed by atoms with van der Waals surface area (Å²) in [6.07, 6.45) is 2.68. The second-order valence-corrected chi connectivity index (χ2v) is 8.12. The molecule has 1 aromatic rings. The summed E-state index contributed by atoms with van der Waals surface area (Å²) in [5, 5.41) is 6.29. The second-order valence-electron chi connectivity index (χ2n) is 7.21. The largest absolute Gasteiger partial charge is 0.381 e. The standard InChI is InChI=1S/C19H27BrN4O2.HI/c1-14-11-15(20)3-4-16(14)23-17(25)5-8-22-18(21-2)24-9-6-19(12-24)7-10-26-13-19;/h3-4,11H,5-10,12-13H2,1-2H3,(H,21,22)(H,23,25);1H. The maximum absolute atomic E-state index is 12.2. The van der Waals surface area contributed by atoms with Crippen LogP contribution in [0.1, 0.15) is 24.8 Å². The Hall–Kier alpha value is -0.870. The molecule has 2 N–H and O–H groups in total. The molecule has 27 heavy (non-hydrogen) atoms. The van der Waals surface area contributed by atoms with E-state index in [1.807, 2.05) is 25.1 Å². The number of halogens is 2. The van der Waals surface area contributed by atoms with E-state index in [1.54, 1.807) is 7.05 Å². The monoisotopic (exact) mass is 550 g/mol. The summed E-state index contributed by atoms with van der Waals surface area (Å²) in [5.41, 5.74) is 2.19. The average molecular weight is 551 g/mol. The van der Waals surface area contributed by atoms with E-state index in [9.17, 15) is 4.79 Å². The highest BCUT2D eigenvalue weighted by atomic mass is 127. The van der Waals surface area contributed by atoms with Gasteiger partial charge in [0.05, 0.1) is 6.61 Å². The molecule has 1 spiro atoms. The molecule has 0 aliphatic carbocycles. The molecule has 0 saturated carbocycles. The minimum Gasteiger partial charge on any atom is -0.381 e. The Morgan fingerprint density at radius 3 is 2.89 bits per heavy atom. The van der Waals surface area contributed by atoms with Crippen molar-refractivity contribution in [1.82, 2.24) is 10.2 Å². The number of hydrogen-bond acceptors (Lipinski definition) is 3. The van der Waals surface area contributed by atoms with Gasteiger partial charge in [0.1, 0.15) is 0 Å². The maximum Gasteiger partial charge on any atom is 0.226 e. The fourth-order valence-electron chi connectivity index (χ4n) is 3.69. The predicted molar refractivity (Wildman–Crippen MR) is 123 cm³/mol. The summed E-state index contributed by atoms with van der Waals surface area (Å²) in [4.78, 5) is 18.9. The Bertz CT molecular complexity index is 692. The van der Waals surface area contributed by atoms with Crippen molar-refractivity contribution >= 4 is 57.5 Å². The van der Waals surface area contributed by atoms with Crippen LogP contribution in [0, 0.1) is 12.3 Å². The van der Waals surface area contributed by atoms with Gasteiger partial charge >= 0.3 is 0 Å². The molecule has 1 aromatic carbocycles. The molecule has 0 bridgehead atoms. The van der Waals surface area contributed by atoms with E-state index in [0.29, 0.717) is 18.4 Å². The Morgan fingerprint density at radius 1 is 1.41 bits per heavy atom. The van der Waals surface area contributed by atoms with Gasteiger partial charge in [-0.25, -0.2) is 0 Å². The van der Waals surface area contributed by atoms with Gasteiger partial charge in [0.2, 0.25) is 5.91 Å². The summed E-state index contributed by atoms with van der Waals surface area (Å²) in [5.74, 6) is 0.877. The van der Waals surface area contributed by atoms with Crippen LogP contribution in [0.5, 0.6) is 0 Å². The van der Waals surface area contributed by atoms with E-state index in [0.717, 1.165) is 60.8 Å². The third-order valence-electron chi connectivity index (χ3n) is 5.23. The number of aliphatic imine (C=N–C) groups is 1. The van der Waals surface area contributed by atoms with Crippen LogP contribution in [0.3, 0.4) is 0 Å². The normalized spacial score (nSPS) is 22.0. The summed E-state index contributed by atoms with van der Waals surface area (Å²) in [6.45, 7) is 6.25. The van der Waals surface area contributed by atoms with Crippen molar-refractivity contribution < 1.29 is 9.53 Å². The van der Waals surface area contributed by atoms with Crippen molar-refractivity contribution in [1.29, 1.82) is 0 Å². The van der Waals surface area contributed by atoms with Gasteiger partial charge in [0.25, 0.3) is 0 Å². The number of carbonyl (C=O) groups excluding carboxylic acids is 1. The van der Waals surface area contributed by atoms with Crippen molar-refractivity contribution in [2.45, 2.75) is 26.2 Å². The molecule has 3 rings (SSSR count). The first kappa shape index (κ1) is 22.4. The number of aryl methyl sites for hydroxylation is 1. The lowest BCUT2D eigenvalue weighted by atomic mass is 9.87. The highest BCUT2D eigenvalue weighted by Gasteiger charge is 2.42. The highest BCUT2D eigenvalue weighted by molar-refractivity contribution is 14.0. The van der Waals surface area contributed by atoms with E-state index in [1.165, 1.54) is 0 Å². The molecule has 0 radical (unpaired) electrons. The first-order chi connectivity index (χ1) is 12.5. The molecule has 2 saturated heterocycles. The summed E-state index contributed by atoms with van der Waals surface area (Å²) < 4.78 is 6.60. The van der Waals surface area contributed by atoms with Gasteiger partial charge in [0, 0.05) is 55.3 Å². The zero-order valence-electron chi connectivity index (χ0n) is 15.9. The molecule has 1 amide bonds. The zero-order chi connectivity index (χ0) is 18.6. The summed E-state index contributed by atoms with van der Waals surface area (Å²) >= 11 is 3.43. The van der Waals surface area contributed by atoms with E-state index in [4.69, 9.17) is 4.74 Å². The van der Waals surface area contributed by atoms with Crippen LogP contribution in [-0.4, -0.2) is 56.7 Å². The number of ether oxygens (including phenoxy) is 1. The molecule has 1 unspecified atom stereocenters. The first-order valence-electron chi connectivity index (χ1n) is 9.11. The molecule has 2 heterocycles. The number of carbonyl (C=O) groups is 1. The van der Waals surface area contributed by atoms with Gasteiger partial charge in [-0.1, -0.05) is 15.9 Å². The van der Waals surface area contributed by atoms with Crippen molar-refractivity contribution in [2.24, 2.45) is 10.4 Å². The van der Waals surface area contributed by atoms with E-state index in [-0.39, 0.29) is 29.9 Å². The van der Waals surface area contributed by atoms with Crippen molar-refractivity contribution in [2.75, 3.05) is 45.2 Å². The fourth-order valence-corrected chi connectivity index (χ4v) is 4.16. The first-order valence-corrected chi connectivity index (χ1v) is 9.90. The molecular formula is C19H28BrIN4O2. The highest BCUT2D eigenvalue weighted by Crippen LogP contribution is 2.38. The molecular weight excluding hydrogens is 523 g/mol. The lowest BCUT2D eigenvalue weighted by Crippen LogP contribution is -2.42.